The highest BCUT2D eigenvalue weighted by Gasteiger charge is 2.34. The molecule has 0 bridgehead atoms. The molecule has 1 N–H and O–H groups in total. The Morgan fingerprint density at radius 1 is 1.45 bits per heavy atom. The second-order valence-electron chi connectivity index (χ2n) is 4.56. The Morgan fingerprint density at radius 2 is 2.14 bits per heavy atom. The smallest absolute Gasteiger partial charge is 0.271 e. The van der Waals surface area contributed by atoms with E-state index in [-0.39, 0.29) is 18.4 Å². The highest BCUT2D eigenvalue weighted by molar-refractivity contribution is 7.90. The fourth-order valence-electron chi connectivity index (χ4n) is 1.80. The Morgan fingerprint density at radius 3 is 2.64 bits per heavy atom. The normalized spacial score (nSPS) is 20.7. The van der Waals surface area contributed by atoms with E-state index in [1.165, 1.54) is 6.07 Å². The molecule has 6 nitrogen and oxygen atoms in total. The number of rotatable bonds is 2. The van der Waals surface area contributed by atoms with E-state index in [4.69, 9.17) is 10.1 Å². The molecule has 1 saturated heterocycles. The Bertz CT molecular complexity index is 766. The molecule has 2 rings (SSSR count). The lowest BCUT2D eigenvalue weighted by Gasteiger charge is -2.09. The maximum atomic E-state index is 12.7. The summed E-state index contributed by atoms with van der Waals surface area (Å²) in [6, 6.07) is 3.31. The van der Waals surface area contributed by atoms with Crippen LogP contribution in [0.15, 0.2) is 27.5 Å². The second kappa shape index (κ2) is 5.58. The number of hydroxylamine groups is 1. The number of hydrogen-bond donors (Lipinski definition) is 1. The molecule has 1 atom stereocenters. The van der Waals surface area contributed by atoms with Crippen LogP contribution in [-0.4, -0.2) is 20.4 Å². The van der Waals surface area contributed by atoms with Gasteiger partial charge in [0, 0.05) is 6.42 Å². The van der Waals surface area contributed by atoms with Crippen LogP contribution in [0, 0.1) is 11.3 Å². The summed E-state index contributed by atoms with van der Waals surface area (Å²) in [5, 5.41) is 8.78. The van der Waals surface area contributed by atoms with Gasteiger partial charge in [-0.15, -0.1) is 4.40 Å². The molecule has 0 radical (unpaired) electrons. The van der Waals surface area contributed by atoms with Gasteiger partial charge in [-0.2, -0.15) is 26.9 Å². The van der Waals surface area contributed by atoms with Crippen LogP contribution >= 0.6 is 0 Å². The molecule has 1 aliphatic rings. The van der Waals surface area contributed by atoms with Crippen molar-refractivity contribution in [1.82, 2.24) is 5.48 Å². The highest BCUT2D eigenvalue weighted by atomic mass is 32.2. The maximum absolute atomic E-state index is 12.7. The van der Waals surface area contributed by atoms with E-state index in [0.29, 0.717) is 12.1 Å². The molecule has 0 spiro atoms. The van der Waals surface area contributed by atoms with Crippen LogP contribution < -0.4 is 5.48 Å². The minimum absolute atomic E-state index is 0.0471. The van der Waals surface area contributed by atoms with Crippen LogP contribution in [0.3, 0.4) is 0 Å². The minimum atomic E-state index is -4.74. The number of alkyl halides is 3. The second-order valence-corrected chi connectivity index (χ2v) is 6.17. The quantitative estimate of drug-likeness (QED) is 0.893. The molecule has 0 saturated carbocycles. The number of benzene rings is 1. The fourth-order valence-corrected chi connectivity index (χ4v) is 2.82. The van der Waals surface area contributed by atoms with Crippen LogP contribution in [0.1, 0.15) is 24.5 Å². The first-order valence-corrected chi connectivity index (χ1v) is 7.44. The Kier molecular flexibility index (Phi) is 4.12. The van der Waals surface area contributed by atoms with Crippen LogP contribution in [0.25, 0.3) is 0 Å². The van der Waals surface area contributed by atoms with Gasteiger partial charge in [0.1, 0.15) is 5.84 Å². The van der Waals surface area contributed by atoms with E-state index < -0.39 is 32.2 Å². The fraction of sp³-hybridized carbons (Fsp3) is 0.333. The van der Waals surface area contributed by atoms with Crippen LogP contribution in [0.5, 0.6) is 0 Å². The van der Waals surface area contributed by atoms with Gasteiger partial charge >= 0.3 is 6.18 Å². The van der Waals surface area contributed by atoms with Crippen LogP contribution in [-0.2, 0) is 21.0 Å². The van der Waals surface area contributed by atoms with E-state index in [1.807, 2.05) is 0 Å². The first kappa shape index (κ1) is 16.3. The molecule has 0 aliphatic carbocycles. The van der Waals surface area contributed by atoms with Crippen molar-refractivity contribution >= 4 is 15.9 Å². The van der Waals surface area contributed by atoms with Gasteiger partial charge in [-0.05, 0) is 25.1 Å². The molecule has 0 unspecified atom stereocenters. The van der Waals surface area contributed by atoms with Crippen molar-refractivity contribution in [2.75, 3.05) is 0 Å². The molecule has 1 heterocycles. The van der Waals surface area contributed by atoms with Gasteiger partial charge in [0.15, 0.2) is 0 Å². The van der Waals surface area contributed by atoms with Crippen molar-refractivity contribution in [1.29, 1.82) is 5.26 Å². The summed E-state index contributed by atoms with van der Waals surface area (Å²) in [6.07, 6.45) is -4.78. The monoisotopic (exact) mass is 333 g/mol. The first-order chi connectivity index (χ1) is 10.1. The van der Waals surface area contributed by atoms with Gasteiger partial charge in [-0.3, -0.25) is 10.3 Å². The van der Waals surface area contributed by atoms with E-state index in [1.54, 1.807) is 6.92 Å². The number of amidine groups is 1. The molecule has 0 aromatic heterocycles. The van der Waals surface area contributed by atoms with Gasteiger partial charge in [0.05, 0.1) is 28.2 Å². The van der Waals surface area contributed by atoms with Gasteiger partial charge in [-0.25, -0.2) is 0 Å². The molecule has 1 aromatic rings. The van der Waals surface area contributed by atoms with Crippen molar-refractivity contribution in [3.8, 4) is 6.07 Å². The van der Waals surface area contributed by atoms with Crippen molar-refractivity contribution in [3.63, 3.8) is 0 Å². The van der Waals surface area contributed by atoms with Gasteiger partial charge in [0.2, 0.25) is 0 Å². The Labute approximate surface area is 124 Å². The molecule has 1 aliphatic heterocycles. The number of nitrogens with one attached hydrogen (secondary N) is 1. The summed E-state index contributed by atoms with van der Waals surface area (Å²) in [5.74, 6) is 0.0471. The van der Waals surface area contributed by atoms with Crippen molar-refractivity contribution < 1.29 is 26.4 Å². The lowest BCUT2D eigenvalue weighted by atomic mass is 10.1. The van der Waals surface area contributed by atoms with E-state index in [0.717, 1.165) is 6.07 Å². The zero-order valence-electron chi connectivity index (χ0n) is 11.2. The molecule has 1 fully saturated rings. The van der Waals surface area contributed by atoms with Crippen LogP contribution in [0.2, 0.25) is 0 Å². The molecule has 0 amide bonds. The minimum Gasteiger partial charge on any atom is -0.271 e. The number of hydrogen-bond acceptors (Lipinski definition) is 4. The first-order valence-electron chi connectivity index (χ1n) is 6.00. The summed E-state index contributed by atoms with van der Waals surface area (Å²) in [6.45, 7) is 1.69. The Hall–Kier alpha value is -2.12. The Balaban J connectivity index is 2.43. The van der Waals surface area contributed by atoms with Crippen molar-refractivity contribution in [2.24, 2.45) is 4.40 Å². The molecule has 10 heteroatoms. The number of nitrogens with zero attached hydrogens (tertiary/aromatic N) is 2. The zero-order chi connectivity index (χ0) is 16.5. The van der Waals surface area contributed by atoms with E-state index >= 15 is 0 Å². The maximum Gasteiger partial charge on any atom is 0.417 e. The predicted octanol–water partition coefficient (Wildman–Crippen LogP) is 1.98. The summed E-state index contributed by atoms with van der Waals surface area (Å²) in [7, 11) is -4.23. The van der Waals surface area contributed by atoms with Crippen LogP contribution in [0.4, 0.5) is 13.2 Å². The molecule has 1 aromatic carbocycles. The standard InChI is InChI=1S/C12H10F3N3O3S/c1-7-4-11(17-21-7)18-22(19,20)9-2-3-10(12(13,14)15)8(5-9)6-16/h2-3,5,7H,4H2,1H3,(H,17,18)/t7-/m1/s1. The molecular weight excluding hydrogens is 323 g/mol. The highest BCUT2D eigenvalue weighted by Crippen LogP contribution is 2.33. The average Bonchev–Trinajstić information content (AvgIpc) is 2.81. The third kappa shape index (κ3) is 3.37. The summed E-state index contributed by atoms with van der Waals surface area (Å²) >= 11 is 0. The third-order valence-electron chi connectivity index (χ3n) is 2.80. The molecule has 118 valence electrons. The zero-order valence-corrected chi connectivity index (χ0v) is 12.0. The molecular formula is C12H10F3N3O3S. The van der Waals surface area contributed by atoms with E-state index in [2.05, 4.69) is 9.88 Å². The van der Waals surface area contributed by atoms with Gasteiger partial charge in [0.25, 0.3) is 10.0 Å². The summed E-state index contributed by atoms with van der Waals surface area (Å²) < 4.78 is 65.6. The lowest BCUT2D eigenvalue weighted by Crippen LogP contribution is -2.15. The number of sulfonamides is 1. The average molecular weight is 333 g/mol. The topological polar surface area (TPSA) is 91.5 Å². The number of halogens is 3. The summed E-state index contributed by atoms with van der Waals surface area (Å²) in [4.78, 5) is 4.42. The predicted molar refractivity (Wildman–Crippen MR) is 69.1 cm³/mol. The largest absolute Gasteiger partial charge is 0.417 e. The number of nitriles is 1. The summed E-state index contributed by atoms with van der Waals surface area (Å²) in [5.41, 5.74) is 0.346. The SMILES string of the molecule is C[C@@H]1CC(=NS(=O)(=O)c2ccc(C(F)(F)F)c(C#N)c2)NO1. The van der Waals surface area contributed by atoms with Gasteiger partial charge in [-0.1, -0.05) is 0 Å². The van der Waals surface area contributed by atoms with Crippen molar-refractivity contribution in [3.05, 3.63) is 29.3 Å². The lowest BCUT2D eigenvalue weighted by molar-refractivity contribution is -0.137. The van der Waals surface area contributed by atoms with Crippen molar-refractivity contribution in [2.45, 2.75) is 30.5 Å². The third-order valence-corrected chi connectivity index (χ3v) is 4.11. The molecule has 22 heavy (non-hydrogen) atoms. The van der Waals surface area contributed by atoms with Gasteiger partial charge < -0.3 is 0 Å². The van der Waals surface area contributed by atoms with E-state index in [9.17, 15) is 21.6 Å².